The second kappa shape index (κ2) is 5.17. The fourth-order valence-electron chi connectivity index (χ4n) is 2.55. The first-order chi connectivity index (χ1) is 8.38. The molecular formula is C12H16F3NOS. The molecule has 2 nitrogen and oxygen atoms in total. The van der Waals surface area contributed by atoms with Gasteiger partial charge in [-0.15, -0.1) is 11.3 Å². The van der Waals surface area contributed by atoms with Gasteiger partial charge in [-0.1, -0.05) is 19.8 Å². The Bertz CT molecular complexity index is 404. The van der Waals surface area contributed by atoms with Crippen LogP contribution in [0.5, 0.6) is 0 Å². The van der Waals surface area contributed by atoms with Crippen molar-refractivity contribution in [3.63, 3.8) is 0 Å². The average Bonchev–Trinajstić information content (AvgIpc) is 2.77. The van der Waals surface area contributed by atoms with Crippen LogP contribution in [0.1, 0.15) is 48.6 Å². The normalized spacial score (nSPS) is 27.2. The van der Waals surface area contributed by atoms with E-state index in [2.05, 4.69) is 11.9 Å². The molecule has 1 heterocycles. The summed E-state index contributed by atoms with van der Waals surface area (Å²) >= 11 is 0.557. The zero-order chi connectivity index (χ0) is 13.3. The van der Waals surface area contributed by atoms with Crippen molar-refractivity contribution in [2.45, 2.75) is 44.9 Å². The minimum Gasteiger partial charge on any atom is -0.387 e. The molecule has 2 rings (SSSR count). The number of aliphatic hydroxyl groups excluding tert-OH is 1. The van der Waals surface area contributed by atoms with Crippen molar-refractivity contribution in [3.8, 4) is 0 Å². The SMILES string of the molecule is CC1CCCC(C(O)c2cnc(C(F)(F)F)s2)C1. The van der Waals surface area contributed by atoms with Gasteiger partial charge in [0.15, 0.2) is 5.01 Å². The quantitative estimate of drug-likeness (QED) is 0.887. The Balaban J connectivity index is 2.09. The summed E-state index contributed by atoms with van der Waals surface area (Å²) in [5.74, 6) is 0.601. The Morgan fingerprint density at radius 2 is 2.17 bits per heavy atom. The topological polar surface area (TPSA) is 33.1 Å². The van der Waals surface area contributed by atoms with E-state index in [-0.39, 0.29) is 5.92 Å². The van der Waals surface area contributed by atoms with Gasteiger partial charge in [0.05, 0.1) is 11.0 Å². The first-order valence-electron chi connectivity index (χ1n) is 6.09. The first-order valence-corrected chi connectivity index (χ1v) is 6.90. The third kappa shape index (κ3) is 3.03. The van der Waals surface area contributed by atoms with E-state index in [4.69, 9.17) is 0 Å². The molecular weight excluding hydrogens is 263 g/mol. The molecule has 0 radical (unpaired) electrons. The van der Waals surface area contributed by atoms with E-state index in [0.717, 1.165) is 31.9 Å². The van der Waals surface area contributed by atoms with Crippen LogP contribution in [0.2, 0.25) is 0 Å². The molecule has 6 heteroatoms. The highest BCUT2D eigenvalue weighted by atomic mass is 32.1. The molecule has 18 heavy (non-hydrogen) atoms. The molecule has 102 valence electrons. The molecule has 0 amide bonds. The second-order valence-electron chi connectivity index (χ2n) is 5.04. The number of rotatable bonds is 2. The van der Waals surface area contributed by atoms with Crippen LogP contribution in [0, 0.1) is 11.8 Å². The van der Waals surface area contributed by atoms with E-state index in [1.807, 2.05) is 0 Å². The Labute approximate surface area is 108 Å². The van der Waals surface area contributed by atoms with E-state index in [1.165, 1.54) is 0 Å². The third-order valence-electron chi connectivity index (χ3n) is 3.48. The van der Waals surface area contributed by atoms with E-state index in [1.54, 1.807) is 0 Å². The molecule has 3 atom stereocenters. The van der Waals surface area contributed by atoms with E-state index in [0.29, 0.717) is 22.1 Å². The van der Waals surface area contributed by atoms with Gasteiger partial charge in [-0.2, -0.15) is 13.2 Å². The lowest BCUT2D eigenvalue weighted by atomic mass is 9.79. The molecule has 1 fully saturated rings. The van der Waals surface area contributed by atoms with Crippen molar-refractivity contribution in [2.24, 2.45) is 11.8 Å². The van der Waals surface area contributed by atoms with Crippen LogP contribution < -0.4 is 0 Å². The van der Waals surface area contributed by atoms with Crippen LogP contribution in [0.3, 0.4) is 0 Å². The number of alkyl halides is 3. The standard InChI is InChI=1S/C12H16F3NOS/c1-7-3-2-4-8(5-7)10(17)9-6-16-11(18-9)12(13,14)15/h6-8,10,17H,2-5H2,1H3. The predicted molar refractivity (Wildman–Crippen MR) is 63.2 cm³/mol. The van der Waals surface area contributed by atoms with Crippen molar-refractivity contribution in [3.05, 3.63) is 16.1 Å². The molecule has 1 aromatic rings. The maximum absolute atomic E-state index is 12.4. The summed E-state index contributed by atoms with van der Waals surface area (Å²) in [7, 11) is 0. The van der Waals surface area contributed by atoms with Gasteiger partial charge in [-0.25, -0.2) is 4.98 Å². The first kappa shape index (κ1) is 13.8. The Hall–Kier alpha value is -0.620. The van der Waals surface area contributed by atoms with Crippen molar-refractivity contribution < 1.29 is 18.3 Å². The zero-order valence-electron chi connectivity index (χ0n) is 10.1. The molecule has 0 saturated heterocycles. The van der Waals surface area contributed by atoms with Crippen LogP contribution in [0.25, 0.3) is 0 Å². The summed E-state index contributed by atoms with van der Waals surface area (Å²) in [4.78, 5) is 3.69. The van der Waals surface area contributed by atoms with Crippen molar-refractivity contribution in [1.82, 2.24) is 4.98 Å². The Morgan fingerprint density at radius 1 is 1.44 bits per heavy atom. The van der Waals surface area contributed by atoms with Gasteiger partial charge in [-0.3, -0.25) is 0 Å². The molecule has 0 spiro atoms. The lowest BCUT2D eigenvalue weighted by molar-refractivity contribution is -0.137. The maximum atomic E-state index is 12.4. The highest BCUT2D eigenvalue weighted by Crippen LogP contribution is 2.40. The third-order valence-corrected chi connectivity index (χ3v) is 4.59. The van der Waals surface area contributed by atoms with Crippen molar-refractivity contribution in [1.29, 1.82) is 0 Å². The predicted octanol–water partition coefficient (Wildman–Crippen LogP) is 4.02. The summed E-state index contributed by atoms with van der Waals surface area (Å²) in [6.45, 7) is 2.12. The van der Waals surface area contributed by atoms with Gasteiger partial charge in [-0.05, 0) is 24.7 Å². The lowest BCUT2D eigenvalue weighted by Crippen LogP contribution is -2.19. The highest BCUT2D eigenvalue weighted by molar-refractivity contribution is 7.11. The number of hydrogen-bond acceptors (Lipinski definition) is 3. The van der Waals surface area contributed by atoms with Crippen LogP contribution in [0.15, 0.2) is 6.20 Å². The number of thiazole rings is 1. The van der Waals surface area contributed by atoms with Crippen LogP contribution in [0.4, 0.5) is 13.2 Å². The molecule has 3 unspecified atom stereocenters. The number of aliphatic hydroxyl groups is 1. The molecule has 1 N–H and O–H groups in total. The number of aromatic nitrogens is 1. The van der Waals surface area contributed by atoms with Gasteiger partial charge in [0, 0.05) is 6.20 Å². The van der Waals surface area contributed by atoms with Gasteiger partial charge in [0.25, 0.3) is 0 Å². The second-order valence-corrected chi connectivity index (χ2v) is 6.10. The van der Waals surface area contributed by atoms with E-state index < -0.39 is 17.3 Å². The monoisotopic (exact) mass is 279 g/mol. The van der Waals surface area contributed by atoms with Crippen LogP contribution in [-0.4, -0.2) is 10.1 Å². The Morgan fingerprint density at radius 3 is 2.72 bits per heavy atom. The summed E-state index contributed by atoms with van der Waals surface area (Å²) in [6.07, 6.45) is -0.125. The van der Waals surface area contributed by atoms with Crippen LogP contribution >= 0.6 is 11.3 Å². The van der Waals surface area contributed by atoms with E-state index in [9.17, 15) is 18.3 Å². The highest BCUT2D eigenvalue weighted by Gasteiger charge is 2.36. The Kier molecular flexibility index (Phi) is 3.96. The van der Waals surface area contributed by atoms with E-state index >= 15 is 0 Å². The number of nitrogens with zero attached hydrogens (tertiary/aromatic N) is 1. The van der Waals surface area contributed by atoms with Gasteiger partial charge >= 0.3 is 6.18 Å². The summed E-state index contributed by atoms with van der Waals surface area (Å²) in [5.41, 5.74) is 0. The molecule has 0 aliphatic heterocycles. The average molecular weight is 279 g/mol. The lowest BCUT2D eigenvalue weighted by Gasteiger charge is -2.29. The zero-order valence-corrected chi connectivity index (χ0v) is 10.9. The summed E-state index contributed by atoms with van der Waals surface area (Å²) < 4.78 is 37.3. The molecule has 0 aromatic carbocycles. The summed E-state index contributed by atoms with van der Waals surface area (Å²) in [6, 6.07) is 0. The largest absolute Gasteiger partial charge is 0.443 e. The van der Waals surface area contributed by atoms with Gasteiger partial charge in [0.1, 0.15) is 0 Å². The van der Waals surface area contributed by atoms with Gasteiger partial charge < -0.3 is 5.11 Å². The molecule has 1 saturated carbocycles. The maximum Gasteiger partial charge on any atom is 0.443 e. The number of hydrogen-bond donors (Lipinski definition) is 1. The molecule has 1 aliphatic rings. The summed E-state index contributed by atoms with van der Waals surface area (Å²) in [5, 5.41) is 9.27. The van der Waals surface area contributed by atoms with Crippen molar-refractivity contribution in [2.75, 3.05) is 0 Å². The molecule has 1 aliphatic carbocycles. The minimum absolute atomic E-state index is 0.0651. The smallest absolute Gasteiger partial charge is 0.387 e. The number of halogens is 3. The fourth-order valence-corrected chi connectivity index (χ4v) is 3.42. The molecule has 0 bridgehead atoms. The minimum atomic E-state index is -4.41. The fraction of sp³-hybridized carbons (Fsp3) is 0.750. The van der Waals surface area contributed by atoms with Crippen LogP contribution in [-0.2, 0) is 6.18 Å². The molecule has 1 aromatic heterocycles. The van der Waals surface area contributed by atoms with Gasteiger partial charge in [0.2, 0.25) is 0 Å². The van der Waals surface area contributed by atoms with Crippen molar-refractivity contribution >= 4 is 11.3 Å².